The van der Waals surface area contributed by atoms with E-state index in [1.807, 2.05) is 0 Å². The van der Waals surface area contributed by atoms with E-state index >= 15 is 0 Å². The number of nitro benzene ring substituents is 1. The van der Waals surface area contributed by atoms with E-state index in [9.17, 15) is 19.7 Å². The summed E-state index contributed by atoms with van der Waals surface area (Å²) in [5.41, 5.74) is 2.23. The summed E-state index contributed by atoms with van der Waals surface area (Å²) < 4.78 is 7.82. The van der Waals surface area contributed by atoms with E-state index in [-0.39, 0.29) is 23.7 Å². The molecular weight excluding hydrogens is 442 g/mol. The molecule has 1 amide bonds. The van der Waals surface area contributed by atoms with Crippen LogP contribution in [-0.4, -0.2) is 48.2 Å². The first-order chi connectivity index (χ1) is 16.4. The Labute approximate surface area is 192 Å². The van der Waals surface area contributed by atoms with Crippen molar-refractivity contribution in [2.24, 2.45) is 0 Å². The summed E-state index contributed by atoms with van der Waals surface area (Å²) in [5.74, 6) is -0.982. The van der Waals surface area contributed by atoms with Gasteiger partial charge in [-0.1, -0.05) is 11.3 Å². The molecule has 0 saturated carbocycles. The molecule has 2 heterocycles. The summed E-state index contributed by atoms with van der Waals surface area (Å²) in [5, 5.41) is 25.9. The number of non-ortho nitro benzene ring substituents is 1. The van der Waals surface area contributed by atoms with Crippen molar-refractivity contribution in [1.82, 2.24) is 24.8 Å². The molecule has 0 spiro atoms. The second-order valence-corrected chi connectivity index (χ2v) is 7.08. The Bertz CT molecular complexity index is 1370. The lowest BCUT2D eigenvalue weighted by atomic mass is 10.2. The van der Waals surface area contributed by atoms with Crippen molar-refractivity contribution in [3.8, 4) is 11.4 Å². The highest BCUT2D eigenvalue weighted by atomic mass is 16.6. The fourth-order valence-corrected chi connectivity index (χ4v) is 3.19. The van der Waals surface area contributed by atoms with E-state index in [1.165, 1.54) is 27.6 Å². The van der Waals surface area contributed by atoms with Crippen LogP contribution in [0.3, 0.4) is 0 Å². The maximum absolute atomic E-state index is 12.7. The SMILES string of the molecule is CCOC(=O)c1ccn(-c2ccc(NC(=O)c3nnn(-c4cccc([N+](=O)[O-])c4)c3C)cc2)n1. The van der Waals surface area contributed by atoms with Crippen molar-refractivity contribution in [3.05, 3.63) is 88.0 Å². The van der Waals surface area contributed by atoms with Crippen LogP contribution in [0.15, 0.2) is 60.8 Å². The highest BCUT2D eigenvalue weighted by Gasteiger charge is 2.19. The number of ether oxygens (including phenoxy) is 1. The standard InChI is InChI=1S/C22H19N7O5/c1-3-34-22(31)19-11-12-27(25-19)16-9-7-15(8-10-16)23-21(30)20-14(2)28(26-24-20)17-5-4-6-18(13-17)29(32)33/h4-13H,3H2,1-2H3,(H,23,30). The van der Waals surface area contributed by atoms with Crippen LogP contribution in [0.2, 0.25) is 0 Å². The Morgan fingerprint density at radius 2 is 1.88 bits per heavy atom. The molecule has 0 aliphatic heterocycles. The topological polar surface area (TPSA) is 147 Å². The van der Waals surface area contributed by atoms with Gasteiger partial charge in [0.2, 0.25) is 0 Å². The molecule has 0 unspecified atom stereocenters. The minimum absolute atomic E-state index is 0.0849. The number of carbonyl (C=O) groups is 2. The zero-order valence-electron chi connectivity index (χ0n) is 18.2. The van der Waals surface area contributed by atoms with Crippen LogP contribution >= 0.6 is 0 Å². The Kier molecular flexibility index (Phi) is 6.12. The molecule has 2 aromatic heterocycles. The molecule has 4 rings (SSSR count). The van der Waals surface area contributed by atoms with Gasteiger partial charge in [0, 0.05) is 24.0 Å². The van der Waals surface area contributed by atoms with Gasteiger partial charge in [-0.3, -0.25) is 14.9 Å². The van der Waals surface area contributed by atoms with Crippen LogP contribution in [0.1, 0.15) is 33.6 Å². The summed E-state index contributed by atoms with van der Waals surface area (Å²) in [7, 11) is 0. The van der Waals surface area contributed by atoms with E-state index in [0.717, 1.165) is 0 Å². The lowest BCUT2D eigenvalue weighted by Gasteiger charge is -2.07. The van der Waals surface area contributed by atoms with Crippen molar-refractivity contribution < 1.29 is 19.2 Å². The van der Waals surface area contributed by atoms with Gasteiger partial charge in [-0.2, -0.15) is 5.10 Å². The Morgan fingerprint density at radius 3 is 2.59 bits per heavy atom. The fraction of sp³-hybridized carbons (Fsp3) is 0.136. The number of amides is 1. The molecule has 0 saturated heterocycles. The molecular formula is C22H19N7O5. The highest BCUT2D eigenvalue weighted by Crippen LogP contribution is 2.19. The van der Waals surface area contributed by atoms with Gasteiger partial charge in [0.05, 0.1) is 28.6 Å². The van der Waals surface area contributed by atoms with Gasteiger partial charge in [-0.15, -0.1) is 5.10 Å². The fourth-order valence-electron chi connectivity index (χ4n) is 3.19. The molecule has 0 aliphatic rings. The predicted molar refractivity (Wildman–Crippen MR) is 120 cm³/mol. The van der Waals surface area contributed by atoms with Crippen LogP contribution in [0, 0.1) is 17.0 Å². The van der Waals surface area contributed by atoms with E-state index in [1.54, 1.807) is 56.4 Å². The molecule has 1 N–H and O–H groups in total. The normalized spacial score (nSPS) is 10.6. The molecule has 0 radical (unpaired) electrons. The van der Waals surface area contributed by atoms with Gasteiger partial charge in [-0.25, -0.2) is 14.2 Å². The first-order valence-electron chi connectivity index (χ1n) is 10.2. The average molecular weight is 461 g/mol. The highest BCUT2D eigenvalue weighted by molar-refractivity contribution is 6.03. The molecule has 4 aromatic rings. The largest absolute Gasteiger partial charge is 0.461 e. The van der Waals surface area contributed by atoms with Crippen LogP contribution < -0.4 is 5.32 Å². The summed E-state index contributed by atoms with van der Waals surface area (Å²) in [4.78, 5) is 35.0. The lowest BCUT2D eigenvalue weighted by Crippen LogP contribution is -2.14. The van der Waals surface area contributed by atoms with E-state index < -0.39 is 16.8 Å². The first kappa shape index (κ1) is 22.3. The van der Waals surface area contributed by atoms with Crippen molar-refractivity contribution in [2.45, 2.75) is 13.8 Å². The maximum Gasteiger partial charge on any atom is 0.358 e. The average Bonchev–Trinajstić information content (AvgIpc) is 3.47. The monoisotopic (exact) mass is 461 g/mol. The van der Waals surface area contributed by atoms with E-state index in [0.29, 0.717) is 22.8 Å². The number of hydrogen-bond acceptors (Lipinski definition) is 8. The van der Waals surface area contributed by atoms with Crippen molar-refractivity contribution >= 4 is 23.3 Å². The van der Waals surface area contributed by atoms with Gasteiger partial charge in [0.25, 0.3) is 11.6 Å². The summed E-state index contributed by atoms with van der Waals surface area (Å²) in [6.07, 6.45) is 1.63. The molecule has 0 fully saturated rings. The predicted octanol–water partition coefficient (Wildman–Crippen LogP) is 3.10. The number of nitrogens with one attached hydrogen (secondary N) is 1. The number of esters is 1. The van der Waals surface area contributed by atoms with E-state index in [2.05, 4.69) is 20.7 Å². The number of hydrogen-bond donors (Lipinski definition) is 1. The zero-order chi connectivity index (χ0) is 24.2. The number of carbonyl (C=O) groups excluding carboxylic acids is 2. The van der Waals surface area contributed by atoms with Gasteiger partial charge >= 0.3 is 5.97 Å². The Hall–Kier alpha value is -4.87. The third kappa shape index (κ3) is 4.50. The number of nitro groups is 1. The van der Waals surface area contributed by atoms with Gasteiger partial charge < -0.3 is 10.1 Å². The third-order valence-electron chi connectivity index (χ3n) is 4.86. The molecule has 0 aliphatic carbocycles. The van der Waals surface area contributed by atoms with E-state index in [4.69, 9.17) is 4.74 Å². The first-order valence-corrected chi connectivity index (χ1v) is 10.2. The van der Waals surface area contributed by atoms with Crippen molar-refractivity contribution in [2.75, 3.05) is 11.9 Å². The summed E-state index contributed by atoms with van der Waals surface area (Å²) in [6, 6.07) is 14.3. The molecule has 0 atom stereocenters. The molecule has 172 valence electrons. The van der Waals surface area contributed by atoms with Gasteiger partial charge in [-0.05, 0) is 50.2 Å². The Balaban J connectivity index is 1.48. The van der Waals surface area contributed by atoms with Crippen LogP contribution in [0.25, 0.3) is 11.4 Å². The number of anilines is 1. The second kappa shape index (κ2) is 9.32. The minimum Gasteiger partial charge on any atom is -0.461 e. The van der Waals surface area contributed by atoms with Gasteiger partial charge in [0.15, 0.2) is 11.4 Å². The number of aromatic nitrogens is 5. The number of rotatable bonds is 7. The van der Waals surface area contributed by atoms with Gasteiger partial charge in [0.1, 0.15) is 0 Å². The smallest absolute Gasteiger partial charge is 0.358 e. The van der Waals surface area contributed by atoms with Crippen LogP contribution in [-0.2, 0) is 4.74 Å². The summed E-state index contributed by atoms with van der Waals surface area (Å²) >= 11 is 0. The van der Waals surface area contributed by atoms with Crippen molar-refractivity contribution in [3.63, 3.8) is 0 Å². The van der Waals surface area contributed by atoms with Crippen LogP contribution in [0.4, 0.5) is 11.4 Å². The third-order valence-corrected chi connectivity index (χ3v) is 4.86. The van der Waals surface area contributed by atoms with Crippen molar-refractivity contribution in [1.29, 1.82) is 0 Å². The number of benzene rings is 2. The Morgan fingerprint density at radius 1 is 1.12 bits per heavy atom. The molecule has 2 aromatic carbocycles. The maximum atomic E-state index is 12.7. The minimum atomic E-state index is -0.506. The molecule has 12 nitrogen and oxygen atoms in total. The lowest BCUT2D eigenvalue weighted by molar-refractivity contribution is -0.384. The summed E-state index contributed by atoms with van der Waals surface area (Å²) in [6.45, 7) is 3.63. The quantitative estimate of drug-likeness (QED) is 0.251. The molecule has 12 heteroatoms. The molecule has 0 bridgehead atoms. The number of nitrogens with zero attached hydrogens (tertiary/aromatic N) is 6. The zero-order valence-corrected chi connectivity index (χ0v) is 18.2. The molecule has 34 heavy (non-hydrogen) atoms. The van der Waals surface area contributed by atoms with Crippen LogP contribution in [0.5, 0.6) is 0 Å². The second-order valence-electron chi connectivity index (χ2n) is 7.08.